The van der Waals surface area contributed by atoms with Gasteiger partial charge in [0.25, 0.3) is 5.91 Å². The summed E-state index contributed by atoms with van der Waals surface area (Å²) < 4.78 is 0. The summed E-state index contributed by atoms with van der Waals surface area (Å²) in [6.07, 6.45) is 7.30. The van der Waals surface area contributed by atoms with Crippen LogP contribution in [0.15, 0.2) is 48.7 Å². The van der Waals surface area contributed by atoms with E-state index in [1.165, 1.54) is 4.80 Å². The minimum atomic E-state index is -0.858. The van der Waals surface area contributed by atoms with Gasteiger partial charge < -0.3 is 15.3 Å². The molecule has 5 rings (SSSR count). The van der Waals surface area contributed by atoms with Crippen molar-refractivity contribution in [3.8, 4) is 5.69 Å². The van der Waals surface area contributed by atoms with E-state index in [9.17, 15) is 19.5 Å². The number of nitrogens with one attached hydrogen (secondary N) is 1. The van der Waals surface area contributed by atoms with E-state index in [0.29, 0.717) is 37.3 Å². The van der Waals surface area contributed by atoms with E-state index < -0.39 is 17.8 Å². The average Bonchev–Trinajstić information content (AvgIpc) is 3.57. The second-order valence-corrected chi connectivity index (χ2v) is 10.5. The molecule has 3 atom stereocenters. The topological polar surface area (TPSA) is 130 Å². The lowest BCUT2D eigenvalue weighted by molar-refractivity contribution is -0.149. The van der Waals surface area contributed by atoms with Crippen molar-refractivity contribution in [1.82, 2.24) is 24.9 Å². The number of amides is 2. The van der Waals surface area contributed by atoms with Crippen LogP contribution in [0.3, 0.4) is 0 Å². The number of pyridine rings is 1. The molecule has 0 bridgehead atoms. The minimum absolute atomic E-state index is 0.00828. The highest BCUT2D eigenvalue weighted by atomic mass is 16.4. The average molecular weight is 531 g/mol. The Kier molecular flexibility index (Phi) is 7.99. The fourth-order valence-corrected chi connectivity index (χ4v) is 5.74. The molecule has 1 aliphatic heterocycles. The number of carboxylic acid groups (broad SMARTS) is 1. The van der Waals surface area contributed by atoms with E-state index in [2.05, 4.69) is 20.5 Å². The van der Waals surface area contributed by atoms with Gasteiger partial charge in [0.2, 0.25) is 5.91 Å². The first-order chi connectivity index (χ1) is 18.9. The van der Waals surface area contributed by atoms with Crippen LogP contribution in [-0.2, 0) is 9.59 Å². The summed E-state index contributed by atoms with van der Waals surface area (Å²) in [4.78, 5) is 45.6. The van der Waals surface area contributed by atoms with Gasteiger partial charge in [0.05, 0.1) is 35.1 Å². The summed E-state index contributed by atoms with van der Waals surface area (Å²) in [5.74, 6) is -1.99. The standard InChI is InChI=1S/C29H34N6O4/c1-19-26(33-35(32-19)22-9-3-2-4-10-22)27(36)31-21-13-14-25(30-18-21)20-8-5-6-16-34(17-15-20)28(37)23-11-7-12-24(23)29(38)39/h2-4,9-10,13-14,18,20,23-24H,5-8,11-12,15-17H2,1H3,(H,31,36)(H,38,39)/t20?,23?,24-/m0/s1. The molecule has 1 aromatic carbocycles. The van der Waals surface area contributed by atoms with Gasteiger partial charge in [0, 0.05) is 24.7 Å². The van der Waals surface area contributed by atoms with Crippen molar-refractivity contribution in [2.75, 3.05) is 18.4 Å². The first-order valence-corrected chi connectivity index (χ1v) is 13.7. The molecule has 204 valence electrons. The van der Waals surface area contributed by atoms with Gasteiger partial charge in [-0.25, -0.2) is 0 Å². The minimum Gasteiger partial charge on any atom is -0.481 e. The molecular weight excluding hydrogens is 496 g/mol. The Morgan fingerprint density at radius 2 is 1.69 bits per heavy atom. The SMILES string of the molecule is Cc1nn(-c2ccccc2)nc1C(=O)Nc1ccc(C2CCCCN(C(=O)C3CCC[C@@H]3C(=O)O)CC2)nc1. The smallest absolute Gasteiger partial charge is 0.307 e. The van der Waals surface area contributed by atoms with Crippen molar-refractivity contribution in [3.63, 3.8) is 0 Å². The van der Waals surface area contributed by atoms with E-state index in [1.807, 2.05) is 47.4 Å². The Labute approximate surface area is 227 Å². The van der Waals surface area contributed by atoms with Crippen molar-refractivity contribution >= 4 is 23.5 Å². The maximum absolute atomic E-state index is 13.2. The number of hydrogen-bond acceptors (Lipinski definition) is 6. The van der Waals surface area contributed by atoms with E-state index in [0.717, 1.165) is 43.5 Å². The van der Waals surface area contributed by atoms with Gasteiger partial charge in [0.15, 0.2) is 5.69 Å². The number of nitrogens with zero attached hydrogens (tertiary/aromatic N) is 5. The van der Waals surface area contributed by atoms with Crippen LogP contribution < -0.4 is 5.32 Å². The molecule has 2 fully saturated rings. The number of rotatable bonds is 6. The second-order valence-electron chi connectivity index (χ2n) is 10.5. The summed E-state index contributed by atoms with van der Waals surface area (Å²) >= 11 is 0. The van der Waals surface area contributed by atoms with Gasteiger partial charge in [-0.3, -0.25) is 19.4 Å². The molecule has 2 aromatic heterocycles. The van der Waals surface area contributed by atoms with Crippen molar-refractivity contribution in [1.29, 1.82) is 0 Å². The van der Waals surface area contributed by atoms with Crippen LogP contribution in [0.5, 0.6) is 0 Å². The zero-order valence-electron chi connectivity index (χ0n) is 22.1. The van der Waals surface area contributed by atoms with Crippen molar-refractivity contribution in [2.45, 2.75) is 57.8 Å². The van der Waals surface area contributed by atoms with Crippen LogP contribution >= 0.6 is 0 Å². The first kappa shape index (κ1) is 26.5. The van der Waals surface area contributed by atoms with Gasteiger partial charge in [-0.2, -0.15) is 9.90 Å². The van der Waals surface area contributed by atoms with Gasteiger partial charge in [0.1, 0.15) is 0 Å². The number of hydrogen-bond donors (Lipinski definition) is 2. The molecule has 1 saturated carbocycles. The van der Waals surface area contributed by atoms with Crippen molar-refractivity contribution in [2.24, 2.45) is 11.8 Å². The Balaban J connectivity index is 1.21. The highest BCUT2D eigenvalue weighted by molar-refractivity contribution is 6.03. The van der Waals surface area contributed by atoms with Gasteiger partial charge >= 0.3 is 5.97 Å². The zero-order chi connectivity index (χ0) is 27.4. The van der Waals surface area contributed by atoms with Crippen molar-refractivity contribution in [3.05, 3.63) is 65.7 Å². The number of benzene rings is 1. The number of carbonyl (C=O) groups excluding carboxylic acids is 2. The number of carbonyl (C=O) groups is 3. The predicted octanol–water partition coefficient (Wildman–Crippen LogP) is 4.21. The summed E-state index contributed by atoms with van der Waals surface area (Å²) in [5, 5.41) is 21.1. The lowest BCUT2D eigenvalue weighted by Gasteiger charge is -2.31. The third kappa shape index (κ3) is 6.00. The fraction of sp³-hybridized carbons (Fsp3) is 0.448. The molecule has 3 heterocycles. The van der Waals surface area contributed by atoms with Crippen molar-refractivity contribution < 1.29 is 19.5 Å². The molecule has 10 nitrogen and oxygen atoms in total. The molecule has 1 saturated heterocycles. The molecule has 2 N–H and O–H groups in total. The largest absolute Gasteiger partial charge is 0.481 e. The number of likely N-dealkylation sites (tertiary alicyclic amines) is 1. The van der Waals surface area contributed by atoms with Gasteiger partial charge in [-0.15, -0.1) is 5.10 Å². The predicted molar refractivity (Wildman–Crippen MR) is 145 cm³/mol. The van der Waals surface area contributed by atoms with E-state index in [1.54, 1.807) is 13.1 Å². The summed E-state index contributed by atoms with van der Waals surface area (Å²) in [6, 6.07) is 13.2. The Hall–Kier alpha value is -4.08. The maximum atomic E-state index is 13.2. The van der Waals surface area contributed by atoms with Crippen LogP contribution in [0, 0.1) is 18.8 Å². The number of aromatic nitrogens is 4. The molecule has 1 aliphatic carbocycles. The number of aryl methyl sites for hydroxylation is 1. The van der Waals surface area contributed by atoms with Crippen LogP contribution in [0.1, 0.15) is 72.7 Å². The number of anilines is 1. The highest BCUT2D eigenvalue weighted by Gasteiger charge is 2.39. The van der Waals surface area contributed by atoms with E-state index in [4.69, 9.17) is 0 Å². The van der Waals surface area contributed by atoms with Gasteiger partial charge in [-0.05, 0) is 63.3 Å². The lowest BCUT2D eigenvalue weighted by atomic mass is 9.90. The highest BCUT2D eigenvalue weighted by Crippen LogP contribution is 2.35. The monoisotopic (exact) mass is 530 g/mol. The van der Waals surface area contributed by atoms with Crippen LogP contribution in [0.4, 0.5) is 5.69 Å². The molecule has 2 unspecified atom stereocenters. The Morgan fingerprint density at radius 3 is 2.44 bits per heavy atom. The maximum Gasteiger partial charge on any atom is 0.307 e. The quantitative estimate of drug-likeness (QED) is 0.488. The van der Waals surface area contributed by atoms with E-state index in [-0.39, 0.29) is 23.4 Å². The number of aliphatic carboxylic acids is 1. The Morgan fingerprint density at radius 1 is 0.897 bits per heavy atom. The summed E-state index contributed by atoms with van der Waals surface area (Å²) in [7, 11) is 0. The molecule has 2 amide bonds. The van der Waals surface area contributed by atoms with Gasteiger partial charge in [-0.1, -0.05) is 31.0 Å². The number of para-hydroxylation sites is 1. The molecule has 3 aromatic rings. The number of carboxylic acids is 1. The third-order valence-corrected chi connectivity index (χ3v) is 7.89. The molecular formula is C29H34N6O4. The normalized spacial score (nSPS) is 21.7. The fourth-order valence-electron chi connectivity index (χ4n) is 5.74. The van der Waals surface area contributed by atoms with Crippen LogP contribution in [-0.4, -0.2) is 60.9 Å². The Bertz CT molecular complexity index is 1320. The molecule has 10 heteroatoms. The molecule has 0 spiro atoms. The van der Waals surface area contributed by atoms with Crippen LogP contribution in [0.25, 0.3) is 5.69 Å². The van der Waals surface area contributed by atoms with Crippen LogP contribution in [0.2, 0.25) is 0 Å². The molecule has 2 aliphatic rings. The van der Waals surface area contributed by atoms with E-state index >= 15 is 0 Å². The lowest BCUT2D eigenvalue weighted by Crippen LogP contribution is -2.41. The third-order valence-electron chi connectivity index (χ3n) is 7.89. The summed E-state index contributed by atoms with van der Waals surface area (Å²) in [6.45, 7) is 3.03. The molecule has 39 heavy (non-hydrogen) atoms. The zero-order valence-corrected chi connectivity index (χ0v) is 22.1. The second kappa shape index (κ2) is 11.8. The summed E-state index contributed by atoms with van der Waals surface area (Å²) in [5.41, 5.74) is 3.05. The first-order valence-electron chi connectivity index (χ1n) is 13.7. The molecule has 0 radical (unpaired) electrons.